The molecule has 98 valence electrons. The molecule has 4 heteroatoms. The molecule has 0 unspecified atom stereocenters. The molecule has 2 rings (SSSR count). The van der Waals surface area contributed by atoms with Crippen LogP contribution in [0.4, 0.5) is 5.82 Å². The van der Waals surface area contributed by atoms with Gasteiger partial charge >= 0.3 is 5.97 Å². The molecule has 1 heterocycles. The maximum absolute atomic E-state index is 11.2. The fourth-order valence-corrected chi connectivity index (χ4v) is 1.78. The van der Waals surface area contributed by atoms with E-state index in [9.17, 15) is 4.79 Å². The third-order valence-corrected chi connectivity index (χ3v) is 2.74. The Labute approximate surface area is 112 Å². The number of hydrogen-bond donors (Lipinski definition) is 2. The largest absolute Gasteiger partial charge is 0.478 e. The molecular formula is C15H16N2O2. The fourth-order valence-electron chi connectivity index (χ4n) is 1.78. The van der Waals surface area contributed by atoms with Gasteiger partial charge in [0, 0.05) is 12.1 Å². The molecule has 1 aromatic carbocycles. The molecule has 0 bridgehead atoms. The highest BCUT2D eigenvalue weighted by atomic mass is 16.4. The maximum atomic E-state index is 11.2. The minimum atomic E-state index is -0.967. The SMILES string of the molecule is CCCNc1nc(-c2ccccc2)ccc1C(=O)O. The van der Waals surface area contributed by atoms with Crippen LogP contribution in [0.1, 0.15) is 23.7 Å². The third-order valence-electron chi connectivity index (χ3n) is 2.74. The van der Waals surface area contributed by atoms with Gasteiger partial charge in [-0.05, 0) is 18.6 Å². The molecule has 0 fully saturated rings. The Kier molecular flexibility index (Phi) is 4.13. The smallest absolute Gasteiger partial charge is 0.339 e. The van der Waals surface area contributed by atoms with Crippen LogP contribution in [-0.4, -0.2) is 22.6 Å². The van der Waals surface area contributed by atoms with E-state index < -0.39 is 5.97 Å². The van der Waals surface area contributed by atoms with Gasteiger partial charge in [-0.1, -0.05) is 37.3 Å². The second-order valence-electron chi connectivity index (χ2n) is 4.19. The minimum Gasteiger partial charge on any atom is -0.478 e. The molecule has 4 nitrogen and oxygen atoms in total. The number of aromatic nitrogens is 1. The molecule has 0 aliphatic rings. The number of carboxylic acids is 1. The van der Waals surface area contributed by atoms with Crippen molar-refractivity contribution in [3.63, 3.8) is 0 Å². The van der Waals surface area contributed by atoms with Crippen LogP contribution in [0.3, 0.4) is 0 Å². The topological polar surface area (TPSA) is 62.2 Å². The van der Waals surface area contributed by atoms with Crippen molar-refractivity contribution in [1.82, 2.24) is 4.98 Å². The van der Waals surface area contributed by atoms with Gasteiger partial charge in [0.2, 0.25) is 0 Å². The molecule has 0 atom stereocenters. The predicted molar refractivity (Wildman–Crippen MR) is 75.4 cm³/mol. The highest BCUT2D eigenvalue weighted by Gasteiger charge is 2.12. The molecule has 1 aromatic heterocycles. The van der Waals surface area contributed by atoms with Crippen molar-refractivity contribution in [1.29, 1.82) is 0 Å². The summed E-state index contributed by atoms with van der Waals surface area (Å²) in [4.78, 5) is 15.6. The quantitative estimate of drug-likeness (QED) is 0.861. The van der Waals surface area contributed by atoms with Crippen molar-refractivity contribution >= 4 is 11.8 Å². The van der Waals surface area contributed by atoms with Gasteiger partial charge < -0.3 is 10.4 Å². The zero-order chi connectivity index (χ0) is 13.7. The number of nitrogens with zero attached hydrogens (tertiary/aromatic N) is 1. The average molecular weight is 256 g/mol. The summed E-state index contributed by atoms with van der Waals surface area (Å²) >= 11 is 0. The van der Waals surface area contributed by atoms with Crippen molar-refractivity contribution in [3.8, 4) is 11.3 Å². The summed E-state index contributed by atoms with van der Waals surface area (Å²) in [5, 5.41) is 12.2. The number of carbonyl (C=O) groups is 1. The first-order valence-electron chi connectivity index (χ1n) is 6.26. The van der Waals surface area contributed by atoms with Gasteiger partial charge in [0.25, 0.3) is 0 Å². The Morgan fingerprint density at radius 1 is 1.21 bits per heavy atom. The van der Waals surface area contributed by atoms with E-state index in [0.717, 1.165) is 17.7 Å². The van der Waals surface area contributed by atoms with Gasteiger partial charge in [0.05, 0.1) is 5.69 Å². The van der Waals surface area contributed by atoms with Crippen LogP contribution >= 0.6 is 0 Å². The molecule has 0 aliphatic carbocycles. The van der Waals surface area contributed by atoms with E-state index in [1.54, 1.807) is 12.1 Å². The summed E-state index contributed by atoms with van der Waals surface area (Å²) in [6, 6.07) is 13.0. The summed E-state index contributed by atoms with van der Waals surface area (Å²) in [6.07, 6.45) is 0.913. The monoisotopic (exact) mass is 256 g/mol. The highest BCUT2D eigenvalue weighted by molar-refractivity contribution is 5.93. The molecule has 0 amide bonds. The lowest BCUT2D eigenvalue weighted by atomic mass is 10.1. The number of nitrogens with one attached hydrogen (secondary N) is 1. The van der Waals surface area contributed by atoms with Crippen LogP contribution < -0.4 is 5.32 Å². The van der Waals surface area contributed by atoms with Crippen molar-refractivity contribution in [2.45, 2.75) is 13.3 Å². The predicted octanol–water partition coefficient (Wildman–Crippen LogP) is 3.27. The van der Waals surface area contributed by atoms with E-state index in [1.165, 1.54) is 0 Å². The van der Waals surface area contributed by atoms with Crippen molar-refractivity contribution < 1.29 is 9.90 Å². The number of anilines is 1. The number of rotatable bonds is 5. The zero-order valence-electron chi connectivity index (χ0n) is 10.8. The van der Waals surface area contributed by atoms with Gasteiger partial charge in [-0.25, -0.2) is 9.78 Å². The number of benzene rings is 1. The highest BCUT2D eigenvalue weighted by Crippen LogP contribution is 2.21. The van der Waals surface area contributed by atoms with E-state index in [1.807, 2.05) is 37.3 Å². The van der Waals surface area contributed by atoms with Gasteiger partial charge in [0.15, 0.2) is 0 Å². The van der Waals surface area contributed by atoms with E-state index in [2.05, 4.69) is 10.3 Å². The summed E-state index contributed by atoms with van der Waals surface area (Å²) in [5.41, 5.74) is 1.94. The van der Waals surface area contributed by atoms with Crippen LogP contribution in [0.5, 0.6) is 0 Å². The Morgan fingerprint density at radius 2 is 1.95 bits per heavy atom. The third kappa shape index (κ3) is 3.10. The number of aromatic carboxylic acids is 1. The van der Waals surface area contributed by atoms with Crippen LogP contribution in [0.15, 0.2) is 42.5 Å². The van der Waals surface area contributed by atoms with Crippen molar-refractivity contribution in [3.05, 3.63) is 48.0 Å². The van der Waals surface area contributed by atoms with E-state index in [4.69, 9.17) is 5.11 Å². The fraction of sp³-hybridized carbons (Fsp3) is 0.200. The zero-order valence-corrected chi connectivity index (χ0v) is 10.8. The summed E-state index contributed by atoms with van der Waals surface area (Å²) in [6.45, 7) is 2.72. The minimum absolute atomic E-state index is 0.202. The van der Waals surface area contributed by atoms with Crippen LogP contribution in [0.2, 0.25) is 0 Å². The molecule has 0 radical (unpaired) electrons. The lowest BCUT2D eigenvalue weighted by Gasteiger charge is -2.10. The van der Waals surface area contributed by atoms with E-state index >= 15 is 0 Å². The number of hydrogen-bond acceptors (Lipinski definition) is 3. The summed E-state index contributed by atoms with van der Waals surface area (Å²) in [5.74, 6) is -0.540. The Morgan fingerprint density at radius 3 is 2.58 bits per heavy atom. The lowest BCUT2D eigenvalue weighted by Crippen LogP contribution is -2.09. The molecule has 19 heavy (non-hydrogen) atoms. The molecule has 0 spiro atoms. The Hall–Kier alpha value is -2.36. The lowest BCUT2D eigenvalue weighted by molar-refractivity contribution is 0.0697. The summed E-state index contributed by atoms with van der Waals surface area (Å²) in [7, 11) is 0. The Bertz CT molecular complexity index is 568. The second kappa shape index (κ2) is 6.00. The van der Waals surface area contributed by atoms with Crippen LogP contribution in [0, 0.1) is 0 Å². The van der Waals surface area contributed by atoms with Crippen molar-refractivity contribution in [2.24, 2.45) is 0 Å². The van der Waals surface area contributed by atoms with Crippen LogP contribution in [0.25, 0.3) is 11.3 Å². The molecular weight excluding hydrogens is 240 g/mol. The molecule has 0 saturated heterocycles. The van der Waals surface area contributed by atoms with Gasteiger partial charge in [-0.2, -0.15) is 0 Å². The Balaban J connectivity index is 2.40. The normalized spacial score (nSPS) is 10.2. The first-order valence-corrected chi connectivity index (χ1v) is 6.26. The summed E-state index contributed by atoms with van der Waals surface area (Å²) < 4.78 is 0. The first kappa shape index (κ1) is 13.1. The standard InChI is InChI=1S/C15H16N2O2/c1-2-10-16-14-12(15(18)19)8-9-13(17-14)11-6-4-3-5-7-11/h3-9H,2,10H2,1H3,(H,16,17)(H,18,19). The molecule has 2 aromatic rings. The van der Waals surface area contributed by atoms with E-state index in [0.29, 0.717) is 12.4 Å². The van der Waals surface area contributed by atoms with Gasteiger partial charge in [-0.15, -0.1) is 0 Å². The second-order valence-corrected chi connectivity index (χ2v) is 4.19. The molecule has 0 saturated carbocycles. The van der Waals surface area contributed by atoms with Gasteiger partial charge in [-0.3, -0.25) is 0 Å². The molecule has 0 aliphatic heterocycles. The molecule has 2 N–H and O–H groups in total. The van der Waals surface area contributed by atoms with Crippen molar-refractivity contribution in [2.75, 3.05) is 11.9 Å². The average Bonchev–Trinajstić information content (AvgIpc) is 2.45. The van der Waals surface area contributed by atoms with Gasteiger partial charge in [0.1, 0.15) is 11.4 Å². The number of pyridine rings is 1. The van der Waals surface area contributed by atoms with E-state index in [-0.39, 0.29) is 5.56 Å². The first-order chi connectivity index (χ1) is 9.22. The van der Waals surface area contributed by atoms with Crippen LogP contribution in [-0.2, 0) is 0 Å². The number of carboxylic acid groups (broad SMARTS) is 1. The maximum Gasteiger partial charge on any atom is 0.339 e.